The van der Waals surface area contributed by atoms with Crippen LogP contribution in [0.15, 0.2) is 38.6 Å². The Kier molecular flexibility index (Phi) is 4.07. The highest BCUT2D eigenvalue weighted by Crippen LogP contribution is 1.80. The van der Waals surface area contributed by atoms with Gasteiger partial charge in [0.25, 0.3) is 0 Å². The number of nitrogens with zero attached hydrogens (tertiary/aromatic N) is 2. The lowest BCUT2D eigenvalue weighted by atomic mass is 10.6. The van der Waals surface area contributed by atoms with E-state index < -0.39 is 17.1 Å². The van der Waals surface area contributed by atoms with Crippen molar-refractivity contribution in [2.24, 2.45) is 0 Å². The average Bonchev–Trinajstić information content (AvgIpc) is 2.24. The van der Waals surface area contributed by atoms with Crippen LogP contribution in [0.5, 0.6) is 0 Å². The molecule has 0 unspecified atom stereocenters. The predicted molar refractivity (Wildman–Crippen MR) is 60.8 cm³/mol. The molecule has 0 saturated heterocycles. The number of allylic oxidation sites excluding steroid dienone is 2. The molecule has 1 rings (SSSR count). The number of halogens is 1. The van der Waals surface area contributed by atoms with E-state index in [9.17, 15) is 14.4 Å². The summed E-state index contributed by atoms with van der Waals surface area (Å²) in [4.78, 5) is 36.3. The van der Waals surface area contributed by atoms with Crippen molar-refractivity contribution < 1.29 is 0 Å². The van der Waals surface area contributed by atoms with Gasteiger partial charge in [-0.3, -0.25) is 4.98 Å². The fourth-order valence-electron chi connectivity index (χ4n) is 1.14. The molecule has 1 N–H and O–H groups in total. The van der Waals surface area contributed by atoms with Gasteiger partial charge in [0.2, 0.25) is 0 Å². The Morgan fingerprint density at radius 2 is 1.75 bits per heavy atom. The summed E-state index contributed by atoms with van der Waals surface area (Å²) < 4.78 is 1.74. The van der Waals surface area contributed by atoms with E-state index in [1.807, 2.05) is 4.98 Å². The standard InChI is InChI=1S/C9H10ClN3O3/c1-2-5-12-7(14)11-8(15)13(9(12)16)6-3-4-10/h2-4H,1,5-6H2,(H,11,14,15)/b4-3+. The van der Waals surface area contributed by atoms with Crippen LogP contribution in [0.2, 0.25) is 0 Å². The van der Waals surface area contributed by atoms with Crippen molar-refractivity contribution in [3.05, 3.63) is 55.7 Å². The maximum Gasteiger partial charge on any atom is 0.336 e. The summed E-state index contributed by atoms with van der Waals surface area (Å²) in [6.45, 7) is 3.47. The van der Waals surface area contributed by atoms with Crippen molar-refractivity contribution >= 4 is 11.6 Å². The topological polar surface area (TPSA) is 76.9 Å². The lowest BCUT2D eigenvalue weighted by Crippen LogP contribution is -2.49. The van der Waals surface area contributed by atoms with E-state index >= 15 is 0 Å². The SMILES string of the molecule is C=CCn1c(=O)[nH]c(=O)n(C/C=C/Cl)c1=O. The molecule has 1 aromatic heterocycles. The summed E-state index contributed by atoms with van der Waals surface area (Å²) in [6.07, 6.45) is 2.81. The summed E-state index contributed by atoms with van der Waals surface area (Å²) in [7, 11) is 0. The molecule has 0 bridgehead atoms. The van der Waals surface area contributed by atoms with Crippen LogP contribution >= 0.6 is 11.6 Å². The normalized spacial score (nSPS) is 10.8. The third-order valence-corrected chi connectivity index (χ3v) is 2.03. The van der Waals surface area contributed by atoms with Crippen LogP contribution in [0.3, 0.4) is 0 Å². The molecule has 6 nitrogen and oxygen atoms in total. The number of hydrogen-bond acceptors (Lipinski definition) is 3. The van der Waals surface area contributed by atoms with E-state index in [1.54, 1.807) is 0 Å². The molecule has 0 atom stereocenters. The number of aromatic nitrogens is 3. The van der Waals surface area contributed by atoms with Crippen LogP contribution in [-0.2, 0) is 13.1 Å². The first-order chi connectivity index (χ1) is 7.61. The van der Waals surface area contributed by atoms with Crippen molar-refractivity contribution in [2.45, 2.75) is 13.1 Å². The van der Waals surface area contributed by atoms with Crippen LogP contribution < -0.4 is 17.1 Å². The maximum atomic E-state index is 11.7. The lowest BCUT2D eigenvalue weighted by Gasteiger charge is -2.04. The number of aromatic amines is 1. The molecule has 1 heterocycles. The molecule has 0 saturated carbocycles. The van der Waals surface area contributed by atoms with Gasteiger partial charge in [-0.1, -0.05) is 23.8 Å². The summed E-state index contributed by atoms with van der Waals surface area (Å²) in [5.74, 6) is 0. The molecule has 16 heavy (non-hydrogen) atoms. The lowest BCUT2D eigenvalue weighted by molar-refractivity contribution is 0.570. The molecule has 86 valence electrons. The van der Waals surface area contributed by atoms with Crippen molar-refractivity contribution in [1.29, 1.82) is 0 Å². The molecule has 7 heteroatoms. The molecule has 0 aromatic carbocycles. The first-order valence-electron chi connectivity index (χ1n) is 4.42. The van der Waals surface area contributed by atoms with Gasteiger partial charge in [0.15, 0.2) is 0 Å². The van der Waals surface area contributed by atoms with Crippen molar-refractivity contribution in [1.82, 2.24) is 14.1 Å². The minimum absolute atomic E-state index is 0.00902. The van der Waals surface area contributed by atoms with Crippen LogP contribution in [0.4, 0.5) is 0 Å². The largest absolute Gasteiger partial charge is 0.336 e. The van der Waals surface area contributed by atoms with Gasteiger partial charge in [-0.2, -0.15) is 0 Å². The molecule has 0 amide bonds. The molecule has 0 fully saturated rings. The second-order valence-electron chi connectivity index (χ2n) is 2.89. The molecule has 0 spiro atoms. The molecular weight excluding hydrogens is 234 g/mol. The van der Waals surface area contributed by atoms with E-state index in [0.29, 0.717) is 0 Å². The highest BCUT2D eigenvalue weighted by atomic mass is 35.5. The van der Waals surface area contributed by atoms with Gasteiger partial charge in [0.1, 0.15) is 0 Å². The van der Waals surface area contributed by atoms with Crippen LogP contribution in [0, 0.1) is 0 Å². The van der Waals surface area contributed by atoms with Gasteiger partial charge in [-0.05, 0) is 0 Å². The number of H-pyrrole nitrogens is 1. The van der Waals surface area contributed by atoms with Gasteiger partial charge in [-0.15, -0.1) is 6.58 Å². The number of nitrogens with one attached hydrogen (secondary N) is 1. The highest BCUT2D eigenvalue weighted by molar-refractivity contribution is 6.25. The highest BCUT2D eigenvalue weighted by Gasteiger charge is 2.06. The van der Waals surface area contributed by atoms with Gasteiger partial charge in [0.05, 0.1) is 13.1 Å². The van der Waals surface area contributed by atoms with Crippen LogP contribution in [0.1, 0.15) is 0 Å². The van der Waals surface area contributed by atoms with Crippen molar-refractivity contribution in [3.8, 4) is 0 Å². The molecule has 0 aliphatic heterocycles. The monoisotopic (exact) mass is 243 g/mol. The Bertz CT molecular complexity index is 579. The average molecular weight is 244 g/mol. The molecule has 0 aliphatic rings. The summed E-state index contributed by atoms with van der Waals surface area (Å²) in [5, 5.41) is 0. The van der Waals surface area contributed by atoms with Crippen LogP contribution in [-0.4, -0.2) is 14.1 Å². The molecule has 0 aliphatic carbocycles. The zero-order valence-electron chi connectivity index (χ0n) is 8.35. The smallest absolute Gasteiger partial charge is 0.259 e. The maximum absolute atomic E-state index is 11.7. The number of hydrogen-bond donors (Lipinski definition) is 1. The fourth-order valence-corrected chi connectivity index (χ4v) is 1.22. The molecule has 1 aromatic rings. The molecular formula is C9H10ClN3O3. The van der Waals surface area contributed by atoms with Gasteiger partial charge >= 0.3 is 17.1 Å². The fraction of sp³-hybridized carbons (Fsp3) is 0.222. The zero-order chi connectivity index (χ0) is 12.1. The predicted octanol–water partition coefficient (Wildman–Crippen LogP) is -0.363. The quantitative estimate of drug-likeness (QED) is 0.734. The Hall–Kier alpha value is -1.82. The number of rotatable bonds is 4. The summed E-state index contributed by atoms with van der Waals surface area (Å²) >= 11 is 5.30. The first-order valence-corrected chi connectivity index (χ1v) is 4.85. The van der Waals surface area contributed by atoms with Crippen molar-refractivity contribution in [3.63, 3.8) is 0 Å². The van der Waals surface area contributed by atoms with E-state index in [0.717, 1.165) is 9.13 Å². The van der Waals surface area contributed by atoms with Gasteiger partial charge in [-0.25, -0.2) is 23.5 Å². The molecule has 0 radical (unpaired) electrons. The van der Waals surface area contributed by atoms with Gasteiger partial charge in [0, 0.05) is 5.54 Å². The van der Waals surface area contributed by atoms with E-state index in [4.69, 9.17) is 11.6 Å². The Morgan fingerprint density at radius 3 is 2.25 bits per heavy atom. The third-order valence-electron chi connectivity index (χ3n) is 1.85. The summed E-state index contributed by atoms with van der Waals surface area (Å²) in [5.41, 5.74) is -1.01. The second-order valence-corrected chi connectivity index (χ2v) is 3.14. The third kappa shape index (κ3) is 2.40. The zero-order valence-corrected chi connectivity index (χ0v) is 9.11. The van der Waals surface area contributed by atoms with E-state index in [1.165, 1.54) is 17.7 Å². The van der Waals surface area contributed by atoms with Gasteiger partial charge < -0.3 is 0 Å². The first kappa shape index (κ1) is 12.3. The van der Waals surface area contributed by atoms with E-state index in [2.05, 4.69) is 6.58 Å². The summed E-state index contributed by atoms with van der Waals surface area (Å²) in [6, 6.07) is 0. The Labute approximate surface area is 95.1 Å². The van der Waals surface area contributed by atoms with Crippen molar-refractivity contribution in [2.75, 3.05) is 0 Å². The second kappa shape index (κ2) is 5.32. The minimum Gasteiger partial charge on any atom is -0.259 e. The minimum atomic E-state index is -0.759. The Balaban J connectivity index is 3.45. The Morgan fingerprint density at radius 1 is 1.19 bits per heavy atom. The van der Waals surface area contributed by atoms with E-state index in [-0.39, 0.29) is 13.1 Å². The van der Waals surface area contributed by atoms with Crippen LogP contribution in [0.25, 0.3) is 0 Å².